The molecule has 1 saturated carbocycles. The van der Waals surface area contributed by atoms with Gasteiger partial charge in [0.15, 0.2) is 0 Å². The second-order valence-electron chi connectivity index (χ2n) is 9.67. The highest BCUT2D eigenvalue weighted by Gasteiger charge is 2.40. The van der Waals surface area contributed by atoms with E-state index in [4.69, 9.17) is 0 Å². The zero-order valence-electron chi connectivity index (χ0n) is 20.5. The maximum atomic E-state index is 14.2. The minimum absolute atomic E-state index is 0.00185. The molecule has 0 saturated heterocycles. The number of nitrogens with zero attached hydrogens (tertiary/aromatic N) is 3. The number of fused-ring (bicyclic) bond motifs is 3. The lowest BCUT2D eigenvalue weighted by Crippen LogP contribution is -2.48. The monoisotopic (exact) mass is 554 g/mol. The molecule has 0 radical (unpaired) electrons. The molecule has 6 nitrogen and oxygen atoms in total. The fraction of sp³-hybridized carbons (Fsp3) is 0.200. The van der Waals surface area contributed by atoms with Gasteiger partial charge >= 0.3 is 6.03 Å². The minimum Gasteiger partial charge on any atom is -0.316 e. The Kier molecular flexibility index (Phi) is 6.08. The molecule has 7 heteroatoms. The quantitative estimate of drug-likeness (QED) is 0.299. The molecular weight excluding hydrogens is 528 g/mol. The van der Waals surface area contributed by atoms with Crippen molar-refractivity contribution in [2.75, 3.05) is 16.8 Å². The Labute approximate surface area is 224 Å². The second kappa shape index (κ2) is 9.56. The lowest BCUT2D eigenvalue weighted by atomic mass is 9.96. The zero-order valence-corrected chi connectivity index (χ0v) is 22.1. The number of nitrogens with one attached hydrogen (secondary N) is 1. The first-order valence-corrected chi connectivity index (χ1v) is 13.3. The molecule has 1 atom stereocenters. The van der Waals surface area contributed by atoms with Crippen molar-refractivity contribution in [3.63, 3.8) is 0 Å². The fourth-order valence-corrected chi connectivity index (χ4v) is 5.55. The van der Waals surface area contributed by atoms with Crippen molar-refractivity contribution in [3.05, 3.63) is 112 Å². The van der Waals surface area contributed by atoms with Gasteiger partial charge in [0.2, 0.25) is 5.91 Å². The summed E-state index contributed by atoms with van der Waals surface area (Å²) in [6.07, 6.45) is 3.85. The second-order valence-corrected chi connectivity index (χ2v) is 10.6. The van der Waals surface area contributed by atoms with Gasteiger partial charge in [-0.2, -0.15) is 0 Å². The van der Waals surface area contributed by atoms with E-state index in [0.717, 1.165) is 45.5 Å². The number of halogens is 1. The number of hydrogen-bond acceptors (Lipinski definition) is 2. The van der Waals surface area contributed by atoms with Gasteiger partial charge in [0.25, 0.3) is 0 Å². The molecule has 4 aromatic rings. The van der Waals surface area contributed by atoms with Crippen molar-refractivity contribution < 1.29 is 9.59 Å². The third kappa shape index (κ3) is 4.55. The summed E-state index contributed by atoms with van der Waals surface area (Å²) in [6, 6.07) is 27.3. The van der Waals surface area contributed by atoms with Gasteiger partial charge in [0.05, 0.1) is 17.1 Å². The molecule has 1 N–H and O–H groups in total. The SMILES string of the molecule is Cc1cccc(C2c3cccn3-c3ccccc3N2C(=O)CN(C(=O)Nc2cccc(Br)c2)C2CC2)c1. The van der Waals surface area contributed by atoms with Crippen molar-refractivity contribution >= 4 is 39.2 Å². The molecule has 1 fully saturated rings. The van der Waals surface area contributed by atoms with Crippen LogP contribution in [0.2, 0.25) is 0 Å². The molecule has 3 amide bonds. The van der Waals surface area contributed by atoms with E-state index < -0.39 is 0 Å². The molecule has 1 aromatic heterocycles. The maximum Gasteiger partial charge on any atom is 0.322 e. The Morgan fingerprint density at radius 1 is 0.946 bits per heavy atom. The lowest BCUT2D eigenvalue weighted by Gasteiger charge is -2.39. The summed E-state index contributed by atoms with van der Waals surface area (Å²) >= 11 is 3.45. The van der Waals surface area contributed by atoms with Crippen LogP contribution in [0, 0.1) is 6.92 Å². The van der Waals surface area contributed by atoms with Crippen LogP contribution >= 0.6 is 15.9 Å². The van der Waals surface area contributed by atoms with E-state index in [1.165, 1.54) is 0 Å². The summed E-state index contributed by atoms with van der Waals surface area (Å²) in [6.45, 7) is 2.06. The van der Waals surface area contributed by atoms with E-state index in [1.807, 2.05) is 71.8 Å². The number of rotatable bonds is 5. The van der Waals surface area contributed by atoms with Crippen molar-refractivity contribution in [1.82, 2.24) is 9.47 Å². The molecule has 6 rings (SSSR count). The number of benzene rings is 3. The van der Waals surface area contributed by atoms with Gasteiger partial charge in [-0.1, -0.05) is 64.0 Å². The number of urea groups is 1. The Morgan fingerprint density at radius 2 is 1.73 bits per heavy atom. The lowest BCUT2D eigenvalue weighted by molar-refractivity contribution is -0.119. The van der Waals surface area contributed by atoms with Gasteiger partial charge in [-0.25, -0.2) is 4.79 Å². The predicted molar refractivity (Wildman–Crippen MR) is 149 cm³/mol. The molecule has 0 spiro atoms. The third-order valence-corrected chi connectivity index (χ3v) is 7.47. The molecular formula is C30H27BrN4O2. The Hall–Kier alpha value is -3.84. The normalized spacial score (nSPS) is 16.1. The third-order valence-electron chi connectivity index (χ3n) is 6.98. The van der Waals surface area contributed by atoms with Crippen molar-refractivity contribution in [2.24, 2.45) is 0 Å². The van der Waals surface area contributed by atoms with Gasteiger partial charge in [-0.15, -0.1) is 0 Å². The van der Waals surface area contributed by atoms with Crippen LogP contribution < -0.4 is 10.2 Å². The topological polar surface area (TPSA) is 57.6 Å². The molecule has 1 aliphatic carbocycles. The average Bonchev–Trinajstić information content (AvgIpc) is 3.61. The van der Waals surface area contributed by atoms with Crippen LogP contribution in [0.4, 0.5) is 16.2 Å². The van der Waals surface area contributed by atoms with Gasteiger partial charge in [0, 0.05) is 22.4 Å². The largest absolute Gasteiger partial charge is 0.322 e. The highest BCUT2D eigenvalue weighted by molar-refractivity contribution is 9.10. The van der Waals surface area contributed by atoms with Gasteiger partial charge in [0.1, 0.15) is 12.6 Å². The predicted octanol–water partition coefficient (Wildman–Crippen LogP) is 6.68. The zero-order chi connectivity index (χ0) is 25.5. The van der Waals surface area contributed by atoms with Crippen LogP contribution in [0.1, 0.15) is 35.7 Å². The Morgan fingerprint density at radius 3 is 2.49 bits per heavy atom. The van der Waals surface area contributed by atoms with Crippen LogP contribution in [0.25, 0.3) is 5.69 Å². The molecule has 3 aromatic carbocycles. The van der Waals surface area contributed by atoms with E-state index in [1.54, 1.807) is 4.90 Å². The summed E-state index contributed by atoms with van der Waals surface area (Å²) in [7, 11) is 0. The van der Waals surface area contributed by atoms with Crippen LogP contribution in [-0.2, 0) is 4.79 Å². The number of carbonyl (C=O) groups excluding carboxylic acids is 2. The van der Waals surface area contributed by atoms with Gasteiger partial charge in [-0.05, 0) is 67.8 Å². The molecule has 1 unspecified atom stereocenters. The number of amides is 3. The molecule has 0 bridgehead atoms. The van der Waals surface area contributed by atoms with Crippen molar-refractivity contribution in [1.29, 1.82) is 0 Å². The number of carbonyl (C=O) groups is 2. The van der Waals surface area contributed by atoms with Crippen LogP contribution in [0.15, 0.2) is 95.6 Å². The summed E-state index contributed by atoms with van der Waals surface area (Å²) in [5.41, 5.74) is 5.68. The molecule has 1 aliphatic heterocycles. The van der Waals surface area contributed by atoms with E-state index in [9.17, 15) is 9.59 Å². The first-order chi connectivity index (χ1) is 18.0. The summed E-state index contributed by atoms with van der Waals surface area (Å²) in [4.78, 5) is 31.1. The van der Waals surface area contributed by atoms with Crippen LogP contribution in [0.5, 0.6) is 0 Å². The number of para-hydroxylation sites is 2. The summed E-state index contributed by atoms with van der Waals surface area (Å²) in [5.74, 6) is -0.109. The van der Waals surface area contributed by atoms with Gasteiger partial charge < -0.3 is 14.8 Å². The van der Waals surface area contributed by atoms with E-state index >= 15 is 0 Å². The molecule has 37 heavy (non-hydrogen) atoms. The smallest absolute Gasteiger partial charge is 0.316 e. The maximum absolute atomic E-state index is 14.2. The number of aryl methyl sites for hydroxylation is 1. The van der Waals surface area contributed by atoms with Gasteiger partial charge in [-0.3, -0.25) is 9.69 Å². The van der Waals surface area contributed by atoms with Crippen LogP contribution in [0.3, 0.4) is 0 Å². The van der Waals surface area contributed by atoms with E-state index in [2.05, 4.69) is 57.0 Å². The number of hydrogen-bond donors (Lipinski definition) is 1. The minimum atomic E-state index is -0.300. The van der Waals surface area contributed by atoms with Crippen molar-refractivity contribution in [3.8, 4) is 5.69 Å². The highest BCUT2D eigenvalue weighted by Crippen LogP contribution is 2.42. The standard InChI is InChI=1S/C30H27BrN4O2/c1-20-7-4-8-21(17-20)29-27-13-6-16-33(27)25-11-2-3-12-26(25)35(29)28(36)19-34(24-14-15-24)30(37)32-23-10-5-9-22(31)18-23/h2-13,16-18,24,29H,14-15,19H2,1H3,(H,32,37). The highest BCUT2D eigenvalue weighted by atomic mass is 79.9. The van der Waals surface area contributed by atoms with Crippen LogP contribution in [-0.4, -0.2) is 34.0 Å². The molecule has 2 aliphatic rings. The number of anilines is 2. The summed E-state index contributed by atoms with van der Waals surface area (Å²) in [5, 5.41) is 2.98. The first-order valence-electron chi connectivity index (χ1n) is 12.5. The summed E-state index contributed by atoms with van der Waals surface area (Å²) < 4.78 is 3.04. The fourth-order valence-electron chi connectivity index (χ4n) is 5.15. The van der Waals surface area contributed by atoms with E-state index in [-0.39, 0.29) is 30.6 Å². The average molecular weight is 555 g/mol. The molecule has 186 valence electrons. The first kappa shape index (κ1) is 23.6. The molecule has 2 heterocycles. The van der Waals surface area contributed by atoms with E-state index in [0.29, 0.717) is 5.69 Å². The Balaban J connectivity index is 1.36. The number of aromatic nitrogens is 1. The van der Waals surface area contributed by atoms with Crippen molar-refractivity contribution in [2.45, 2.75) is 31.8 Å². The Bertz CT molecular complexity index is 1490.